The van der Waals surface area contributed by atoms with Crippen molar-refractivity contribution in [2.45, 2.75) is 19.0 Å². The number of carbonyl (C=O) groups is 2. The molecule has 7 heteroatoms. The third-order valence-corrected chi connectivity index (χ3v) is 5.60. The van der Waals surface area contributed by atoms with E-state index in [2.05, 4.69) is 42.5 Å². The normalized spacial score (nSPS) is 12.5. The van der Waals surface area contributed by atoms with Crippen molar-refractivity contribution in [2.24, 2.45) is 0 Å². The Morgan fingerprint density at radius 2 is 1.26 bits per heavy atom. The lowest BCUT2D eigenvalue weighted by atomic mass is 9.96. The van der Waals surface area contributed by atoms with E-state index >= 15 is 0 Å². The maximum Gasteiger partial charge on any atom is 0.331 e. The van der Waals surface area contributed by atoms with Gasteiger partial charge in [0.05, 0.1) is 6.61 Å². The second-order valence-corrected chi connectivity index (χ2v) is 8.57. The van der Waals surface area contributed by atoms with Crippen molar-refractivity contribution in [3.8, 4) is 0 Å². The molecule has 0 radical (unpaired) electrons. The molecule has 2 N–H and O–H groups in total. The lowest BCUT2D eigenvalue weighted by Gasteiger charge is -2.28. The Bertz CT molecular complexity index is 1010. The van der Waals surface area contributed by atoms with E-state index in [1.165, 1.54) is 0 Å². The Hall–Kier alpha value is -2.64. The van der Waals surface area contributed by atoms with Crippen LogP contribution in [0.1, 0.15) is 17.3 Å². The Morgan fingerprint density at radius 3 is 1.74 bits per heavy atom. The van der Waals surface area contributed by atoms with Crippen LogP contribution < -0.4 is 10.6 Å². The molecule has 160 valence electrons. The summed E-state index contributed by atoms with van der Waals surface area (Å²) < 4.78 is 7.14. The first-order valence-electron chi connectivity index (χ1n) is 9.78. The maximum absolute atomic E-state index is 13.5. The molecule has 0 amide bonds. The number of ether oxygens (including phenoxy) is 1. The highest BCUT2D eigenvalue weighted by atomic mass is 79.9. The summed E-state index contributed by atoms with van der Waals surface area (Å²) in [6.45, 7) is 1.95. The molecule has 3 aromatic carbocycles. The van der Waals surface area contributed by atoms with E-state index in [4.69, 9.17) is 4.74 Å². The van der Waals surface area contributed by atoms with Gasteiger partial charge in [-0.2, -0.15) is 0 Å². The molecule has 0 aliphatic rings. The number of anilines is 2. The molecule has 31 heavy (non-hydrogen) atoms. The van der Waals surface area contributed by atoms with Crippen LogP contribution in [0.5, 0.6) is 0 Å². The summed E-state index contributed by atoms with van der Waals surface area (Å²) >= 11 is 6.82. The Balaban J connectivity index is 1.99. The summed E-state index contributed by atoms with van der Waals surface area (Å²) in [4.78, 5) is 26.4. The fourth-order valence-corrected chi connectivity index (χ4v) is 3.57. The van der Waals surface area contributed by atoms with Crippen LogP contribution in [0.4, 0.5) is 11.4 Å². The quantitative estimate of drug-likeness (QED) is 0.258. The molecule has 0 aliphatic carbocycles. The second kappa shape index (κ2) is 11.1. The molecule has 0 saturated carbocycles. The third-order valence-electron chi connectivity index (χ3n) is 4.55. The van der Waals surface area contributed by atoms with Gasteiger partial charge in [-0.1, -0.05) is 62.2 Å². The fraction of sp³-hybridized carbons (Fsp3) is 0.167. The molecule has 2 atom stereocenters. The molecule has 0 bridgehead atoms. The lowest BCUT2D eigenvalue weighted by molar-refractivity contribution is -0.144. The molecule has 5 nitrogen and oxygen atoms in total. The summed E-state index contributed by atoms with van der Waals surface area (Å²) in [6.07, 6.45) is 0. The number of esters is 1. The van der Waals surface area contributed by atoms with E-state index in [0.717, 1.165) is 8.95 Å². The molecule has 0 fully saturated rings. The largest absolute Gasteiger partial charge is 0.464 e. The van der Waals surface area contributed by atoms with E-state index in [0.29, 0.717) is 16.9 Å². The number of benzene rings is 3. The van der Waals surface area contributed by atoms with E-state index in [1.807, 2.05) is 54.6 Å². The lowest BCUT2D eigenvalue weighted by Crippen LogP contribution is -2.50. The number of hydrogen-bond donors (Lipinski definition) is 2. The Morgan fingerprint density at radius 1 is 0.774 bits per heavy atom. The number of nitrogens with one attached hydrogen (secondary N) is 2. The van der Waals surface area contributed by atoms with Gasteiger partial charge in [-0.25, -0.2) is 4.79 Å². The molecule has 3 rings (SSSR count). The summed E-state index contributed by atoms with van der Waals surface area (Å²) in [5, 5.41) is 6.42. The predicted molar refractivity (Wildman–Crippen MR) is 131 cm³/mol. The minimum absolute atomic E-state index is 0.210. The topological polar surface area (TPSA) is 67.4 Å². The van der Waals surface area contributed by atoms with E-state index in [1.54, 1.807) is 31.2 Å². The molecular formula is C24H22Br2N2O3. The number of ketones is 1. The number of hydrogen-bond acceptors (Lipinski definition) is 5. The van der Waals surface area contributed by atoms with Crippen molar-refractivity contribution in [1.29, 1.82) is 0 Å². The molecule has 0 aliphatic heterocycles. The van der Waals surface area contributed by atoms with Gasteiger partial charge < -0.3 is 15.4 Å². The van der Waals surface area contributed by atoms with Crippen LogP contribution in [0, 0.1) is 0 Å². The smallest absolute Gasteiger partial charge is 0.331 e. The average molecular weight is 546 g/mol. The van der Waals surface area contributed by atoms with Gasteiger partial charge in [-0.15, -0.1) is 0 Å². The van der Waals surface area contributed by atoms with Crippen LogP contribution in [0.25, 0.3) is 0 Å². The molecule has 1 unspecified atom stereocenters. The van der Waals surface area contributed by atoms with Crippen molar-refractivity contribution in [3.63, 3.8) is 0 Å². The summed E-state index contributed by atoms with van der Waals surface area (Å²) in [6, 6.07) is 21.9. The highest BCUT2D eigenvalue weighted by molar-refractivity contribution is 9.10. The van der Waals surface area contributed by atoms with Crippen molar-refractivity contribution in [2.75, 3.05) is 17.2 Å². The first-order valence-corrected chi connectivity index (χ1v) is 11.4. The zero-order chi connectivity index (χ0) is 22.2. The van der Waals surface area contributed by atoms with Crippen LogP contribution in [-0.4, -0.2) is 30.4 Å². The molecule has 0 saturated heterocycles. The Kier molecular flexibility index (Phi) is 8.26. The van der Waals surface area contributed by atoms with Gasteiger partial charge in [0.15, 0.2) is 11.8 Å². The van der Waals surface area contributed by atoms with Gasteiger partial charge in [0.25, 0.3) is 0 Å². The maximum atomic E-state index is 13.5. The highest BCUT2D eigenvalue weighted by Crippen LogP contribution is 2.21. The molecule has 0 spiro atoms. The monoisotopic (exact) mass is 544 g/mol. The Labute approximate surface area is 198 Å². The van der Waals surface area contributed by atoms with Gasteiger partial charge in [0.2, 0.25) is 0 Å². The van der Waals surface area contributed by atoms with Crippen molar-refractivity contribution in [3.05, 3.63) is 93.4 Å². The second-order valence-electron chi connectivity index (χ2n) is 6.74. The number of carbonyl (C=O) groups excluding carboxylic acids is 2. The van der Waals surface area contributed by atoms with E-state index in [9.17, 15) is 9.59 Å². The zero-order valence-corrected chi connectivity index (χ0v) is 20.0. The predicted octanol–water partition coefficient (Wildman–Crippen LogP) is 5.92. The summed E-state index contributed by atoms with van der Waals surface area (Å²) in [5.41, 5.74) is 1.91. The summed E-state index contributed by atoms with van der Waals surface area (Å²) in [7, 11) is 0. The highest BCUT2D eigenvalue weighted by Gasteiger charge is 2.35. The zero-order valence-electron chi connectivity index (χ0n) is 16.8. The number of Topliss-reactive ketones (excluding diaryl/α,β-unsaturated/α-hetero) is 1. The fourth-order valence-electron chi connectivity index (χ4n) is 3.04. The van der Waals surface area contributed by atoms with Crippen molar-refractivity contribution >= 4 is 55.0 Å². The first kappa shape index (κ1) is 23.0. The standard InChI is InChI=1S/C24H22Br2N2O3/c1-2-31-24(30)22(28-20-14-10-18(26)11-15-20)21(23(29)16-6-4-3-5-7-16)27-19-12-8-17(25)9-13-19/h3-15,21-22,27-28H,2H2,1H3/t21?,22-/m1/s1. The number of rotatable bonds is 9. The van der Waals surface area contributed by atoms with Gasteiger partial charge in [0.1, 0.15) is 6.04 Å². The van der Waals surface area contributed by atoms with Gasteiger partial charge in [0, 0.05) is 25.9 Å². The SMILES string of the molecule is CCOC(=O)[C@H](Nc1ccc(Br)cc1)C(Nc1ccc(Br)cc1)C(=O)c1ccccc1. The van der Waals surface area contributed by atoms with Crippen LogP contribution in [-0.2, 0) is 9.53 Å². The minimum Gasteiger partial charge on any atom is -0.464 e. The minimum atomic E-state index is -0.947. The summed E-state index contributed by atoms with van der Waals surface area (Å²) in [5.74, 6) is -0.726. The number of halogens is 2. The van der Waals surface area contributed by atoms with Gasteiger partial charge >= 0.3 is 5.97 Å². The molecular weight excluding hydrogens is 524 g/mol. The van der Waals surface area contributed by atoms with Gasteiger partial charge in [-0.05, 0) is 55.5 Å². The van der Waals surface area contributed by atoms with Gasteiger partial charge in [-0.3, -0.25) is 4.79 Å². The van der Waals surface area contributed by atoms with Crippen molar-refractivity contribution in [1.82, 2.24) is 0 Å². The van der Waals surface area contributed by atoms with Crippen LogP contribution in [0.15, 0.2) is 87.8 Å². The molecule has 3 aromatic rings. The van der Waals surface area contributed by atoms with E-state index < -0.39 is 18.1 Å². The van der Waals surface area contributed by atoms with Crippen molar-refractivity contribution < 1.29 is 14.3 Å². The van der Waals surface area contributed by atoms with Crippen LogP contribution in [0.2, 0.25) is 0 Å². The van der Waals surface area contributed by atoms with E-state index in [-0.39, 0.29) is 12.4 Å². The molecule has 0 aromatic heterocycles. The third kappa shape index (κ3) is 6.42. The van der Waals surface area contributed by atoms with Crippen LogP contribution in [0.3, 0.4) is 0 Å². The molecule has 0 heterocycles. The first-order chi connectivity index (χ1) is 15.0. The average Bonchev–Trinajstić information content (AvgIpc) is 2.79. The van der Waals surface area contributed by atoms with Crippen LogP contribution >= 0.6 is 31.9 Å².